The summed E-state index contributed by atoms with van der Waals surface area (Å²) in [5.74, 6) is 1.07. The lowest BCUT2D eigenvalue weighted by Gasteiger charge is -2.10. The first-order chi connectivity index (χ1) is 8.15. The summed E-state index contributed by atoms with van der Waals surface area (Å²) in [5.41, 5.74) is 0. The molecule has 90 valence electrons. The van der Waals surface area contributed by atoms with E-state index < -0.39 is 6.10 Å². The smallest absolute Gasteiger partial charge is 0.193 e. The molecule has 0 aliphatic heterocycles. The number of hydrogen-bond donors (Lipinski definition) is 2. The summed E-state index contributed by atoms with van der Waals surface area (Å²) in [6.45, 7) is 0.0502. The highest BCUT2D eigenvalue weighted by atomic mass is 35.5. The van der Waals surface area contributed by atoms with Crippen LogP contribution >= 0.6 is 11.6 Å². The van der Waals surface area contributed by atoms with Gasteiger partial charge in [0.05, 0.1) is 0 Å². The lowest BCUT2D eigenvalue weighted by atomic mass is 10.3. The number of halogens is 1. The van der Waals surface area contributed by atoms with E-state index >= 15 is 0 Å². The Hall–Kier alpha value is -1.65. The number of hydrogen-bond acceptors (Lipinski definition) is 4. The summed E-state index contributed by atoms with van der Waals surface area (Å²) in [5, 5.41) is 19.0. The highest BCUT2D eigenvalue weighted by Gasteiger charge is 2.12. The summed E-state index contributed by atoms with van der Waals surface area (Å²) >= 11 is 5.59. The molecule has 0 radical (unpaired) electrons. The Labute approximate surface area is 103 Å². The van der Waals surface area contributed by atoms with E-state index in [1.54, 1.807) is 24.3 Å². The maximum atomic E-state index is 9.72. The Balaban J connectivity index is 1.92. The van der Waals surface area contributed by atoms with Gasteiger partial charge in [-0.05, 0) is 48.0 Å². The van der Waals surface area contributed by atoms with Crippen LogP contribution in [0.15, 0.2) is 40.8 Å². The largest absolute Gasteiger partial charge is 0.508 e. The molecule has 0 saturated heterocycles. The van der Waals surface area contributed by atoms with Crippen molar-refractivity contribution in [3.63, 3.8) is 0 Å². The Morgan fingerprint density at radius 1 is 1.18 bits per heavy atom. The van der Waals surface area contributed by atoms with Crippen LogP contribution in [0.25, 0.3) is 0 Å². The molecule has 0 aliphatic rings. The highest BCUT2D eigenvalue weighted by molar-refractivity contribution is 6.28. The van der Waals surface area contributed by atoms with Gasteiger partial charge in [0.2, 0.25) is 0 Å². The molecule has 17 heavy (non-hydrogen) atoms. The second kappa shape index (κ2) is 5.12. The molecule has 2 N–H and O–H groups in total. The van der Waals surface area contributed by atoms with E-state index in [1.165, 1.54) is 12.1 Å². The Kier molecular flexibility index (Phi) is 3.56. The lowest BCUT2D eigenvalue weighted by Crippen LogP contribution is -2.08. The van der Waals surface area contributed by atoms with Crippen molar-refractivity contribution in [1.82, 2.24) is 0 Å². The topological polar surface area (TPSA) is 62.8 Å². The molecule has 1 atom stereocenters. The summed E-state index contributed by atoms with van der Waals surface area (Å²) in [6.07, 6.45) is -0.878. The fourth-order valence-electron chi connectivity index (χ4n) is 1.31. The van der Waals surface area contributed by atoms with Crippen molar-refractivity contribution in [1.29, 1.82) is 0 Å². The molecule has 1 aromatic carbocycles. The molecule has 0 spiro atoms. The molecule has 5 heteroatoms. The molecule has 1 heterocycles. The predicted octanol–water partition coefficient (Wildman–Crippen LogP) is 2.75. The van der Waals surface area contributed by atoms with Gasteiger partial charge in [-0.15, -0.1) is 0 Å². The van der Waals surface area contributed by atoms with Gasteiger partial charge in [0.25, 0.3) is 0 Å². The first-order valence-electron chi connectivity index (χ1n) is 5.00. The van der Waals surface area contributed by atoms with Gasteiger partial charge < -0.3 is 19.4 Å². The second-order valence-corrected chi connectivity index (χ2v) is 3.84. The van der Waals surface area contributed by atoms with Gasteiger partial charge in [0, 0.05) is 0 Å². The molecule has 0 bridgehead atoms. The maximum absolute atomic E-state index is 9.72. The van der Waals surface area contributed by atoms with Crippen molar-refractivity contribution in [2.24, 2.45) is 0 Å². The van der Waals surface area contributed by atoms with Gasteiger partial charge in [-0.25, -0.2) is 0 Å². The van der Waals surface area contributed by atoms with Gasteiger partial charge in [0.15, 0.2) is 5.22 Å². The summed E-state index contributed by atoms with van der Waals surface area (Å²) < 4.78 is 10.4. The molecule has 4 nitrogen and oxygen atoms in total. The van der Waals surface area contributed by atoms with E-state index in [-0.39, 0.29) is 17.6 Å². The van der Waals surface area contributed by atoms with Crippen LogP contribution in [0.1, 0.15) is 11.9 Å². The number of phenols is 1. The van der Waals surface area contributed by atoms with Crippen LogP contribution in [0, 0.1) is 0 Å². The summed E-state index contributed by atoms with van der Waals surface area (Å²) in [7, 11) is 0. The Morgan fingerprint density at radius 2 is 1.88 bits per heavy atom. The molecule has 0 saturated carbocycles. The highest BCUT2D eigenvalue weighted by Crippen LogP contribution is 2.22. The number of furan rings is 1. The zero-order chi connectivity index (χ0) is 12.3. The molecule has 1 unspecified atom stereocenters. The fourth-order valence-corrected chi connectivity index (χ4v) is 1.46. The average molecular weight is 255 g/mol. The molecule has 0 fully saturated rings. The van der Waals surface area contributed by atoms with E-state index in [0.29, 0.717) is 11.5 Å². The molecule has 2 aromatic rings. The zero-order valence-electron chi connectivity index (χ0n) is 8.84. The number of aliphatic hydroxyl groups excluding tert-OH is 1. The van der Waals surface area contributed by atoms with Crippen LogP contribution in [0.3, 0.4) is 0 Å². The third kappa shape index (κ3) is 3.15. The predicted molar refractivity (Wildman–Crippen MR) is 62.3 cm³/mol. The van der Waals surface area contributed by atoms with Crippen LogP contribution in [-0.2, 0) is 0 Å². The van der Waals surface area contributed by atoms with Gasteiger partial charge in [-0.1, -0.05) is 0 Å². The number of aliphatic hydroxyl groups is 1. The van der Waals surface area contributed by atoms with Crippen LogP contribution < -0.4 is 4.74 Å². The maximum Gasteiger partial charge on any atom is 0.193 e. The van der Waals surface area contributed by atoms with E-state index in [4.69, 9.17) is 25.9 Å². The second-order valence-electron chi connectivity index (χ2n) is 3.46. The molecule has 1 aromatic heterocycles. The van der Waals surface area contributed by atoms with Crippen LogP contribution in [0.2, 0.25) is 5.22 Å². The van der Waals surface area contributed by atoms with Crippen LogP contribution in [0.4, 0.5) is 0 Å². The first kappa shape index (κ1) is 11.8. The standard InChI is InChI=1S/C12H11ClO4/c13-12-6-5-11(17-12)10(15)7-16-9-3-1-8(14)2-4-9/h1-6,10,14-15H,7H2. The monoisotopic (exact) mass is 254 g/mol. The molecule has 0 amide bonds. The minimum atomic E-state index is -0.878. The van der Waals surface area contributed by atoms with E-state index in [2.05, 4.69) is 0 Å². The number of rotatable bonds is 4. The van der Waals surface area contributed by atoms with Gasteiger partial charge in [-0.2, -0.15) is 0 Å². The molecular weight excluding hydrogens is 244 g/mol. The van der Waals surface area contributed by atoms with Crippen molar-refractivity contribution >= 4 is 11.6 Å². The number of benzene rings is 1. The van der Waals surface area contributed by atoms with E-state index in [9.17, 15) is 5.11 Å². The molecule has 0 aliphatic carbocycles. The molecule has 2 rings (SSSR count). The Bertz CT molecular complexity index is 478. The average Bonchev–Trinajstić information content (AvgIpc) is 2.75. The quantitative estimate of drug-likeness (QED) is 0.881. The van der Waals surface area contributed by atoms with Crippen molar-refractivity contribution in [2.75, 3.05) is 6.61 Å². The number of aromatic hydroxyl groups is 1. The van der Waals surface area contributed by atoms with E-state index in [1.807, 2.05) is 0 Å². The minimum absolute atomic E-state index is 0.0502. The number of phenolic OH excluding ortho intramolecular Hbond substituents is 1. The Morgan fingerprint density at radius 3 is 2.47 bits per heavy atom. The third-order valence-electron chi connectivity index (χ3n) is 2.17. The first-order valence-corrected chi connectivity index (χ1v) is 5.38. The summed E-state index contributed by atoms with van der Waals surface area (Å²) in [4.78, 5) is 0. The van der Waals surface area contributed by atoms with Crippen LogP contribution in [-0.4, -0.2) is 16.8 Å². The van der Waals surface area contributed by atoms with Crippen molar-refractivity contribution < 1.29 is 19.4 Å². The van der Waals surface area contributed by atoms with Crippen molar-refractivity contribution in [3.05, 3.63) is 47.4 Å². The minimum Gasteiger partial charge on any atom is -0.508 e. The number of ether oxygens (including phenoxy) is 1. The molecular formula is C12H11ClO4. The summed E-state index contributed by atoms with van der Waals surface area (Å²) in [6, 6.07) is 9.37. The SMILES string of the molecule is Oc1ccc(OCC(O)c2ccc(Cl)o2)cc1. The third-order valence-corrected chi connectivity index (χ3v) is 2.37. The fraction of sp³-hybridized carbons (Fsp3) is 0.167. The van der Waals surface area contributed by atoms with Gasteiger partial charge in [0.1, 0.15) is 30.0 Å². The van der Waals surface area contributed by atoms with Gasteiger partial charge in [-0.3, -0.25) is 0 Å². The normalized spacial score (nSPS) is 12.4. The lowest BCUT2D eigenvalue weighted by molar-refractivity contribution is 0.0889. The van der Waals surface area contributed by atoms with E-state index in [0.717, 1.165) is 0 Å². The van der Waals surface area contributed by atoms with Crippen LogP contribution in [0.5, 0.6) is 11.5 Å². The van der Waals surface area contributed by atoms with Gasteiger partial charge >= 0.3 is 0 Å². The zero-order valence-corrected chi connectivity index (χ0v) is 9.59. The van der Waals surface area contributed by atoms with Crippen molar-refractivity contribution in [3.8, 4) is 11.5 Å². The van der Waals surface area contributed by atoms with Crippen molar-refractivity contribution in [2.45, 2.75) is 6.10 Å².